The van der Waals surface area contributed by atoms with Crippen LogP contribution in [0.2, 0.25) is 0 Å². The van der Waals surface area contributed by atoms with Crippen LogP contribution in [-0.2, 0) is 9.09 Å². The van der Waals surface area contributed by atoms with E-state index in [0.717, 1.165) is 12.8 Å². The van der Waals surface area contributed by atoms with Crippen molar-refractivity contribution in [2.24, 2.45) is 0 Å². The first-order valence-electron chi connectivity index (χ1n) is 4.55. The summed E-state index contributed by atoms with van der Waals surface area (Å²) in [6.45, 7) is 2.64. The minimum Gasteiger partial charge on any atom is -0.306 e. The van der Waals surface area contributed by atoms with Gasteiger partial charge in [-0.05, 0) is 34.6 Å². The topological polar surface area (TPSA) is 32.8 Å². The van der Waals surface area contributed by atoms with Crippen molar-refractivity contribution in [3.8, 4) is 0 Å². The largest absolute Gasteiger partial charge is 0.345 e. The molecule has 0 aromatic carbocycles. The molecule has 5 heteroatoms. The van der Waals surface area contributed by atoms with Crippen LogP contribution in [0.5, 0.6) is 0 Å². The summed E-state index contributed by atoms with van der Waals surface area (Å²) in [5.74, 6) is 0. The fourth-order valence-electron chi connectivity index (χ4n) is 0.917. The second kappa shape index (κ2) is 5.76. The number of rotatable bonds is 6. The van der Waals surface area contributed by atoms with Crippen LogP contribution in [0, 0.1) is 0 Å². The normalized spacial score (nSPS) is 12.8. The number of hydrogen-bond acceptors (Lipinski definition) is 2. The van der Waals surface area contributed by atoms with Crippen LogP contribution in [0.4, 0.5) is 0 Å². The molecule has 0 spiro atoms. The highest BCUT2D eigenvalue weighted by Crippen LogP contribution is 2.50. The lowest BCUT2D eigenvalue weighted by Crippen LogP contribution is -2.23. The molecule has 0 fully saturated rings. The van der Waals surface area contributed by atoms with Gasteiger partial charge in [0.2, 0.25) is 0 Å². The summed E-state index contributed by atoms with van der Waals surface area (Å²) in [7, 11) is 4.36. The van der Waals surface area contributed by atoms with Crippen molar-refractivity contribution in [2.45, 2.75) is 19.8 Å². The van der Waals surface area contributed by atoms with Gasteiger partial charge in [-0.3, -0.25) is 4.57 Å². The monoisotopic (exact) mass is 208 g/mol. The van der Waals surface area contributed by atoms with Crippen molar-refractivity contribution in [1.82, 2.24) is 9.34 Å². The SMILES string of the molecule is CCCCOP(=O)(N(C)C)N(C)C. The summed E-state index contributed by atoms with van der Waals surface area (Å²) in [5.41, 5.74) is 0. The standard InChI is InChI=1S/C8H21N2O2P/c1-6-7-8-12-13(11,9(2)3)10(4)5/h6-8H2,1-5H3. The molecular weight excluding hydrogens is 187 g/mol. The van der Waals surface area contributed by atoms with E-state index in [1.165, 1.54) is 0 Å². The molecule has 0 aromatic heterocycles. The molecule has 0 saturated heterocycles. The molecule has 0 aromatic rings. The van der Waals surface area contributed by atoms with Crippen LogP contribution >= 0.6 is 7.67 Å². The summed E-state index contributed by atoms with van der Waals surface area (Å²) < 4.78 is 20.8. The van der Waals surface area contributed by atoms with Gasteiger partial charge in [0.05, 0.1) is 6.61 Å². The van der Waals surface area contributed by atoms with E-state index in [0.29, 0.717) is 6.61 Å². The van der Waals surface area contributed by atoms with Crippen LogP contribution in [0.3, 0.4) is 0 Å². The Kier molecular flexibility index (Phi) is 5.81. The van der Waals surface area contributed by atoms with E-state index in [1.54, 1.807) is 37.5 Å². The average molecular weight is 208 g/mol. The minimum absolute atomic E-state index is 0.560. The Labute approximate surface area is 81.4 Å². The van der Waals surface area contributed by atoms with Crippen molar-refractivity contribution >= 4 is 7.67 Å². The van der Waals surface area contributed by atoms with Crippen LogP contribution in [0.15, 0.2) is 0 Å². The zero-order valence-electron chi connectivity index (χ0n) is 9.28. The third kappa shape index (κ3) is 3.77. The molecule has 0 radical (unpaired) electrons. The van der Waals surface area contributed by atoms with Gasteiger partial charge in [0, 0.05) is 0 Å². The maximum Gasteiger partial charge on any atom is 0.345 e. The molecular formula is C8H21N2O2P. The molecule has 0 unspecified atom stereocenters. The molecule has 4 nitrogen and oxygen atoms in total. The van der Waals surface area contributed by atoms with Crippen molar-refractivity contribution in [1.29, 1.82) is 0 Å². The van der Waals surface area contributed by atoms with Crippen LogP contribution < -0.4 is 0 Å². The third-order valence-electron chi connectivity index (χ3n) is 1.77. The Morgan fingerprint density at radius 2 is 1.62 bits per heavy atom. The van der Waals surface area contributed by atoms with Gasteiger partial charge < -0.3 is 4.52 Å². The molecule has 13 heavy (non-hydrogen) atoms. The highest BCUT2D eigenvalue weighted by molar-refractivity contribution is 7.53. The molecule has 0 heterocycles. The number of hydrogen-bond donors (Lipinski definition) is 0. The lowest BCUT2D eigenvalue weighted by molar-refractivity contribution is 0.242. The molecule has 0 aliphatic carbocycles. The molecule has 0 bridgehead atoms. The Balaban J connectivity index is 4.18. The maximum absolute atomic E-state index is 12.1. The fraction of sp³-hybridized carbons (Fsp3) is 1.00. The lowest BCUT2D eigenvalue weighted by atomic mass is 10.4. The second-order valence-electron chi connectivity index (χ2n) is 3.37. The lowest BCUT2D eigenvalue weighted by Gasteiger charge is -2.29. The van der Waals surface area contributed by atoms with Gasteiger partial charge >= 0.3 is 7.67 Å². The highest BCUT2D eigenvalue weighted by atomic mass is 31.2. The Morgan fingerprint density at radius 1 is 1.15 bits per heavy atom. The van der Waals surface area contributed by atoms with Gasteiger partial charge in [-0.2, -0.15) is 0 Å². The molecule has 0 rings (SSSR count). The van der Waals surface area contributed by atoms with Crippen molar-refractivity contribution in [2.75, 3.05) is 34.8 Å². The first-order chi connectivity index (χ1) is 5.95. The third-order valence-corrected chi connectivity index (χ3v) is 4.31. The molecule has 0 amide bonds. The Morgan fingerprint density at radius 3 is 1.92 bits per heavy atom. The quantitative estimate of drug-likeness (QED) is 0.494. The summed E-state index contributed by atoms with van der Waals surface area (Å²) in [4.78, 5) is 0. The fourth-order valence-corrected chi connectivity index (χ4v) is 2.46. The van der Waals surface area contributed by atoms with E-state index < -0.39 is 7.67 Å². The minimum atomic E-state index is -2.73. The van der Waals surface area contributed by atoms with Gasteiger partial charge in [0.15, 0.2) is 0 Å². The smallest absolute Gasteiger partial charge is 0.306 e. The molecule has 0 aliphatic rings. The highest BCUT2D eigenvalue weighted by Gasteiger charge is 2.28. The number of nitrogens with zero attached hydrogens (tertiary/aromatic N) is 2. The van der Waals surface area contributed by atoms with Gasteiger partial charge in [-0.1, -0.05) is 13.3 Å². The van der Waals surface area contributed by atoms with E-state index in [2.05, 4.69) is 6.92 Å². The van der Waals surface area contributed by atoms with Crippen molar-refractivity contribution < 1.29 is 9.09 Å². The molecule has 0 saturated carbocycles. The first kappa shape index (κ1) is 13.1. The second-order valence-corrected chi connectivity index (χ2v) is 6.21. The first-order valence-corrected chi connectivity index (χ1v) is 6.08. The zero-order valence-corrected chi connectivity index (χ0v) is 10.2. The Bertz CT molecular complexity index is 171. The molecule has 0 atom stereocenters. The van der Waals surface area contributed by atoms with Crippen molar-refractivity contribution in [3.63, 3.8) is 0 Å². The molecule has 0 N–H and O–H groups in total. The van der Waals surface area contributed by atoms with Gasteiger partial charge in [-0.15, -0.1) is 0 Å². The maximum atomic E-state index is 12.1. The summed E-state index contributed by atoms with van der Waals surface area (Å²) in [6.07, 6.45) is 2.01. The van der Waals surface area contributed by atoms with E-state index in [4.69, 9.17) is 4.52 Å². The summed E-state index contributed by atoms with van der Waals surface area (Å²) in [6, 6.07) is 0. The summed E-state index contributed by atoms with van der Waals surface area (Å²) >= 11 is 0. The average Bonchev–Trinajstić information content (AvgIpc) is 2.03. The number of unbranched alkanes of at least 4 members (excludes halogenated alkanes) is 1. The van der Waals surface area contributed by atoms with E-state index >= 15 is 0 Å². The van der Waals surface area contributed by atoms with Gasteiger partial charge in [0.1, 0.15) is 0 Å². The zero-order chi connectivity index (χ0) is 10.5. The molecule has 80 valence electrons. The predicted octanol–water partition coefficient (Wildman–Crippen LogP) is 2.03. The van der Waals surface area contributed by atoms with Crippen LogP contribution in [0.25, 0.3) is 0 Å². The van der Waals surface area contributed by atoms with E-state index in [9.17, 15) is 4.57 Å². The van der Waals surface area contributed by atoms with Gasteiger partial charge in [-0.25, -0.2) is 9.34 Å². The molecule has 0 aliphatic heterocycles. The van der Waals surface area contributed by atoms with Crippen molar-refractivity contribution in [3.05, 3.63) is 0 Å². The van der Waals surface area contributed by atoms with Gasteiger partial charge in [0.25, 0.3) is 0 Å². The van der Waals surface area contributed by atoms with Crippen LogP contribution in [-0.4, -0.2) is 44.1 Å². The van der Waals surface area contributed by atoms with E-state index in [1.807, 2.05) is 0 Å². The predicted molar refractivity (Wildman–Crippen MR) is 55.8 cm³/mol. The summed E-state index contributed by atoms with van der Waals surface area (Å²) in [5, 5.41) is 0. The van der Waals surface area contributed by atoms with Crippen LogP contribution in [0.1, 0.15) is 19.8 Å². The van der Waals surface area contributed by atoms with E-state index in [-0.39, 0.29) is 0 Å². The Hall–Kier alpha value is 0.110.